The minimum atomic E-state index is 0.918. The molecule has 0 amide bonds. The molecule has 0 aliphatic heterocycles. The van der Waals surface area contributed by atoms with Crippen molar-refractivity contribution in [2.24, 2.45) is 7.05 Å². The van der Waals surface area contributed by atoms with Gasteiger partial charge in [-0.1, -0.05) is 42.5 Å². The van der Waals surface area contributed by atoms with E-state index in [9.17, 15) is 0 Å². The van der Waals surface area contributed by atoms with Crippen molar-refractivity contribution >= 4 is 32.7 Å². The number of aromatic nitrogens is 2. The van der Waals surface area contributed by atoms with Crippen LogP contribution in [0, 0.1) is 6.92 Å². The predicted molar refractivity (Wildman–Crippen MR) is 100 cm³/mol. The van der Waals surface area contributed by atoms with E-state index in [1.165, 1.54) is 21.7 Å². The molecule has 0 unspecified atom stereocenters. The molecule has 120 valence electrons. The van der Waals surface area contributed by atoms with E-state index < -0.39 is 0 Å². The van der Waals surface area contributed by atoms with Gasteiger partial charge in [0.15, 0.2) is 6.20 Å². The highest BCUT2D eigenvalue weighted by Crippen LogP contribution is 2.42. The molecule has 0 atom stereocenters. The summed E-state index contributed by atoms with van der Waals surface area (Å²) in [4.78, 5) is 4.34. The van der Waals surface area contributed by atoms with Crippen LogP contribution < -0.4 is 4.57 Å². The van der Waals surface area contributed by atoms with E-state index in [0.29, 0.717) is 0 Å². The molecule has 3 nitrogen and oxygen atoms in total. The quantitative estimate of drug-likeness (QED) is 0.409. The van der Waals surface area contributed by atoms with Crippen molar-refractivity contribution in [2.75, 3.05) is 0 Å². The zero-order valence-corrected chi connectivity index (χ0v) is 14.2. The fourth-order valence-corrected chi connectivity index (χ4v) is 3.79. The molecule has 0 saturated carbocycles. The number of hydrogen-bond acceptors (Lipinski definition) is 2. The number of rotatable bonds is 1. The summed E-state index contributed by atoms with van der Waals surface area (Å²) < 4.78 is 8.43. The number of para-hydroxylation sites is 1. The molecular formula is C22H17N2O+. The molecule has 5 aromatic rings. The molecule has 2 heterocycles. The second-order valence-electron chi connectivity index (χ2n) is 6.42. The Morgan fingerprint density at radius 2 is 1.64 bits per heavy atom. The topological polar surface area (TPSA) is 29.9 Å². The van der Waals surface area contributed by atoms with Gasteiger partial charge < -0.3 is 4.42 Å². The van der Waals surface area contributed by atoms with Gasteiger partial charge in [0.2, 0.25) is 5.69 Å². The van der Waals surface area contributed by atoms with Gasteiger partial charge in [-0.25, -0.2) is 0 Å². The van der Waals surface area contributed by atoms with E-state index in [2.05, 4.69) is 52.9 Å². The summed E-state index contributed by atoms with van der Waals surface area (Å²) in [5.41, 5.74) is 5.23. The lowest BCUT2D eigenvalue weighted by Crippen LogP contribution is -2.30. The number of hydrogen-bond donors (Lipinski definition) is 0. The molecule has 0 N–H and O–H groups in total. The Labute approximate surface area is 145 Å². The number of nitrogens with zero attached hydrogens (tertiary/aromatic N) is 2. The van der Waals surface area contributed by atoms with Crippen molar-refractivity contribution in [3.8, 4) is 11.3 Å². The van der Waals surface area contributed by atoms with Crippen LogP contribution in [0.2, 0.25) is 0 Å². The highest BCUT2D eigenvalue weighted by atomic mass is 16.3. The van der Waals surface area contributed by atoms with Gasteiger partial charge in [0.05, 0.1) is 18.0 Å². The van der Waals surface area contributed by atoms with E-state index >= 15 is 0 Å². The number of benzene rings is 3. The molecule has 0 aliphatic carbocycles. The van der Waals surface area contributed by atoms with Crippen molar-refractivity contribution in [3.05, 3.63) is 72.7 Å². The minimum Gasteiger partial charge on any atom is -0.455 e. The van der Waals surface area contributed by atoms with Crippen LogP contribution in [0.4, 0.5) is 0 Å². The Morgan fingerprint density at radius 1 is 0.920 bits per heavy atom. The smallest absolute Gasteiger partial charge is 0.234 e. The van der Waals surface area contributed by atoms with Crippen molar-refractivity contribution in [3.63, 3.8) is 0 Å². The van der Waals surface area contributed by atoms with Crippen molar-refractivity contribution < 1.29 is 8.98 Å². The second-order valence-corrected chi connectivity index (χ2v) is 6.42. The molecule has 0 bridgehead atoms. The first-order valence-electron chi connectivity index (χ1n) is 8.38. The lowest BCUT2D eigenvalue weighted by molar-refractivity contribution is -0.660. The lowest BCUT2D eigenvalue weighted by atomic mass is 9.93. The first-order valence-corrected chi connectivity index (χ1v) is 8.38. The van der Waals surface area contributed by atoms with Crippen molar-refractivity contribution in [1.82, 2.24) is 4.98 Å². The van der Waals surface area contributed by atoms with Crippen LogP contribution in [0.1, 0.15) is 5.56 Å². The average Bonchev–Trinajstić information content (AvgIpc) is 3.02. The summed E-state index contributed by atoms with van der Waals surface area (Å²) in [7, 11) is 2.04. The Hall–Kier alpha value is -3.20. The molecule has 0 aliphatic rings. The van der Waals surface area contributed by atoms with Crippen LogP contribution >= 0.6 is 0 Å². The highest BCUT2D eigenvalue weighted by Gasteiger charge is 2.23. The maximum atomic E-state index is 6.34. The van der Waals surface area contributed by atoms with Gasteiger partial charge in [-0.2, -0.15) is 4.57 Å². The fraction of sp³-hybridized carbons (Fsp3) is 0.0909. The van der Waals surface area contributed by atoms with Gasteiger partial charge in [-0.05, 0) is 29.3 Å². The van der Waals surface area contributed by atoms with Gasteiger partial charge in [0.25, 0.3) is 0 Å². The lowest BCUT2D eigenvalue weighted by Gasteiger charge is -2.10. The van der Waals surface area contributed by atoms with Crippen LogP contribution in [0.25, 0.3) is 44.0 Å². The first kappa shape index (κ1) is 14.2. The predicted octanol–water partition coefficient (Wildman–Crippen LogP) is 4.93. The third-order valence-corrected chi connectivity index (χ3v) is 5.01. The van der Waals surface area contributed by atoms with Gasteiger partial charge in [-0.15, -0.1) is 0 Å². The van der Waals surface area contributed by atoms with Crippen LogP contribution in [0.3, 0.4) is 0 Å². The normalized spacial score (nSPS) is 11.6. The standard InChI is InChI=1S/C22H17N2O/c1-14-15-7-3-4-8-16(15)21-17-9-5-6-10-19(17)25-22(21)20(14)18-13-23-11-12-24(18)2/h3-13H,1-2H3/q+1. The third kappa shape index (κ3) is 1.92. The Kier molecular flexibility index (Phi) is 2.92. The van der Waals surface area contributed by atoms with Crippen molar-refractivity contribution in [1.29, 1.82) is 0 Å². The Morgan fingerprint density at radius 3 is 2.44 bits per heavy atom. The molecule has 25 heavy (non-hydrogen) atoms. The van der Waals surface area contributed by atoms with Gasteiger partial charge in [-0.3, -0.25) is 4.98 Å². The van der Waals surface area contributed by atoms with E-state index in [0.717, 1.165) is 27.8 Å². The van der Waals surface area contributed by atoms with Crippen molar-refractivity contribution in [2.45, 2.75) is 6.92 Å². The Balaban J connectivity index is 2.10. The third-order valence-electron chi connectivity index (χ3n) is 5.01. The molecular weight excluding hydrogens is 308 g/mol. The maximum absolute atomic E-state index is 6.34. The average molecular weight is 325 g/mol. The summed E-state index contributed by atoms with van der Waals surface area (Å²) in [6, 6.07) is 16.8. The largest absolute Gasteiger partial charge is 0.455 e. The Bertz CT molecular complexity index is 1270. The van der Waals surface area contributed by atoms with Crippen LogP contribution in [-0.4, -0.2) is 4.98 Å². The first-order chi connectivity index (χ1) is 12.3. The van der Waals surface area contributed by atoms with Gasteiger partial charge in [0, 0.05) is 10.8 Å². The SMILES string of the molecule is Cc1c(-c2cncc[n+]2C)c2oc3ccccc3c2c2ccccc12. The van der Waals surface area contributed by atoms with E-state index in [-0.39, 0.29) is 0 Å². The molecule has 0 saturated heterocycles. The monoisotopic (exact) mass is 325 g/mol. The zero-order valence-electron chi connectivity index (χ0n) is 14.2. The van der Waals surface area contributed by atoms with Gasteiger partial charge >= 0.3 is 0 Å². The maximum Gasteiger partial charge on any atom is 0.234 e. The summed E-state index contributed by atoms with van der Waals surface area (Å²) in [6.45, 7) is 2.16. The number of aryl methyl sites for hydroxylation is 2. The molecule has 0 fully saturated rings. The van der Waals surface area contributed by atoms with Gasteiger partial charge in [0.1, 0.15) is 18.2 Å². The molecule has 3 heteroatoms. The van der Waals surface area contributed by atoms with E-state index in [1.807, 2.05) is 31.6 Å². The molecule has 2 aromatic heterocycles. The highest BCUT2D eigenvalue weighted by molar-refractivity contribution is 6.23. The molecule has 0 spiro atoms. The summed E-state index contributed by atoms with van der Waals surface area (Å²) in [6.07, 6.45) is 5.68. The molecule has 0 radical (unpaired) electrons. The second kappa shape index (κ2) is 5.15. The fourth-order valence-electron chi connectivity index (χ4n) is 3.79. The van der Waals surface area contributed by atoms with Crippen LogP contribution in [0.15, 0.2) is 71.5 Å². The molecule has 5 rings (SSSR count). The summed E-state index contributed by atoms with van der Waals surface area (Å²) in [5.74, 6) is 0. The number of furan rings is 1. The number of fused-ring (bicyclic) bond motifs is 5. The zero-order chi connectivity index (χ0) is 17.0. The summed E-state index contributed by atoms with van der Waals surface area (Å²) >= 11 is 0. The van der Waals surface area contributed by atoms with E-state index in [1.54, 1.807) is 6.20 Å². The molecule has 3 aromatic carbocycles. The van der Waals surface area contributed by atoms with E-state index in [4.69, 9.17) is 4.42 Å². The van der Waals surface area contributed by atoms with Crippen LogP contribution in [0.5, 0.6) is 0 Å². The van der Waals surface area contributed by atoms with Crippen LogP contribution in [-0.2, 0) is 7.05 Å². The minimum absolute atomic E-state index is 0.918. The summed E-state index contributed by atoms with van der Waals surface area (Å²) in [5, 5.41) is 4.81.